The lowest BCUT2D eigenvalue weighted by molar-refractivity contribution is -0.129. The second-order valence-electron chi connectivity index (χ2n) is 5.77. The molecular weight excluding hydrogens is 322 g/mol. The van der Waals surface area contributed by atoms with E-state index in [0.717, 1.165) is 12.0 Å². The molecular formula is C18H21N3O4. The molecule has 132 valence electrons. The van der Waals surface area contributed by atoms with Gasteiger partial charge in [-0.05, 0) is 23.8 Å². The van der Waals surface area contributed by atoms with E-state index < -0.39 is 0 Å². The van der Waals surface area contributed by atoms with Crippen LogP contribution in [0.4, 0.5) is 0 Å². The van der Waals surface area contributed by atoms with E-state index in [1.165, 1.54) is 0 Å². The van der Waals surface area contributed by atoms with Crippen molar-refractivity contribution in [3.63, 3.8) is 0 Å². The largest absolute Gasteiger partial charge is 0.493 e. The van der Waals surface area contributed by atoms with Gasteiger partial charge in [-0.2, -0.15) is 0 Å². The molecule has 3 rings (SSSR count). The second kappa shape index (κ2) is 7.83. The van der Waals surface area contributed by atoms with Crippen LogP contribution in [0.15, 0.2) is 36.7 Å². The highest BCUT2D eigenvalue weighted by atomic mass is 16.5. The molecule has 2 aromatic rings. The summed E-state index contributed by atoms with van der Waals surface area (Å²) in [6.45, 7) is 1.22. The Kier molecular flexibility index (Phi) is 5.33. The van der Waals surface area contributed by atoms with Crippen LogP contribution < -0.4 is 14.2 Å². The number of methoxy groups -OCH3 is 2. The maximum absolute atomic E-state index is 12.5. The fraction of sp³-hybridized carbons (Fsp3) is 0.389. The number of amides is 1. The van der Waals surface area contributed by atoms with Crippen LogP contribution in [-0.4, -0.2) is 54.2 Å². The van der Waals surface area contributed by atoms with E-state index in [4.69, 9.17) is 14.2 Å². The molecule has 1 aliphatic rings. The molecule has 1 atom stereocenters. The van der Waals surface area contributed by atoms with Crippen molar-refractivity contribution in [1.82, 2.24) is 14.9 Å². The molecule has 0 saturated carbocycles. The Bertz CT molecular complexity index is 724. The fourth-order valence-corrected chi connectivity index (χ4v) is 2.82. The first-order valence-corrected chi connectivity index (χ1v) is 8.12. The lowest BCUT2D eigenvalue weighted by Gasteiger charge is -2.17. The van der Waals surface area contributed by atoms with Gasteiger partial charge in [0.25, 0.3) is 0 Å². The summed E-state index contributed by atoms with van der Waals surface area (Å²) in [4.78, 5) is 22.4. The fourth-order valence-electron chi connectivity index (χ4n) is 2.82. The molecule has 25 heavy (non-hydrogen) atoms. The van der Waals surface area contributed by atoms with Crippen molar-refractivity contribution in [2.45, 2.75) is 18.9 Å². The van der Waals surface area contributed by atoms with Gasteiger partial charge in [0.2, 0.25) is 5.91 Å². The lowest BCUT2D eigenvalue weighted by Crippen LogP contribution is -2.32. The van der Waals surface area contributed by atoms with E-state index in [0.29, 0.717) is 37.0 Å². The Balaban J connectivity index is 1.57. The second-order valence-corrected chi connectivity index (χ2v) is 5.77. The number of hydrogen-bond donors (Lipinski definition) is 0. The molecule has 1 saturated heterocycles. The summed E-state index contributed by atoms with van der Waals surface area (Å²) in [5.74, 6) is 1.33. The number of hydrogen-bond acceptors (Lipinski definition) is 6. The standard InChI is InChI=1S/C18H21N3O4/c1-23-15-5-4-13(10-16(15)24-2)11-17(22)21-9-6-14(12-21)25-18-19-7-3-8-20-18/h3-5,7-8,10,14H,6,9,11-12H2,1-2H3. The summed E-state index contributed by atoms with van der Waals surface area (Å²) in [7, 11) is 3.17. The van der Waals surface area contributed by atoms with Gasteiger partial charge in [-0.1, -0.05) is 6.07 Å². The quantitative estimate of drug-likeness (QED) is 0.795. The molecule has 7 heteroatoms. The minimum absolute atomic E-state index is 0.0623. The van der Waals surface area contributed by atoms with E-state index in [1.54, 1.807) is 32.7 Å². The van der Waals surface area contributed by atoms with Gasteiger partial charge in [-0.3, -0.25) is 4.79 Å². The zero-order chi connectivity index (χ0) is 17.6. The van der Waals surface area contributed by atoms with E-state index in [-0.39, 0.29) is 12.0 Å². The van der Waals surface area contributed by atoms with Crippen molar-refractivity contribution in [2.24, 2.45) is 0 Å². The van der Waals surface area contributed by atoms with Crippen LogP contribution in [-0.2, 0) is 11.2 Å². The Labute approximate surface area is 146 Å². The van der Waals surface area contributed by atoms with Gasteiger partial charge >= 0.3 is 6.01 Å². The van der Waals surface area contributed by atoms with Crippen molar-refractivity contribution in [3.05, 3.63) is 42.2 Å². The summed E-state index contributed by atoms with van der Waals surface area (Å²) in [6, 6.07) is 7.60. The molecule has 1 fully saturated rings. The third-order valence-electron chi connectivity index (χ3n) is 4.12. The number of rotatable bonds is 6. The highest BCUT2D eigenvalue weighted by Crippen LogP contribution is 2.28. The number of benzene rings is 1. The van der Waals surface area contributed by atoms with Gasteiger partial charge in [-0.15, -0.1) is 0 Å². The predicted molar refractivity (Wildman–Crippen MR) is 90.9 cm³/mol. The van der Waals surface area contributed by atoms with Crippen LogP contribution in [0.3, 0.4) is 0 Å². The molecule has 0 bridgehead atoms. The lowest BCUT2D eigenvalue weighted by atomic mass is 10.1. The highest BCUT2D eigenvalue weighted by Gasteiger charge is 2.28. The number of aromatic nitrogens is 2. The topological polar surface area (TPSA) is 73.8 Å². The minimum Gasteiger partial charge on any atom is -0.493 e. The summed E-state index contributed by atoms with van der Waals surface area (Å²) >= 11 is 0. The van der Waals surface area contributed by atoms with E-state index >= 15 is 0 Å². The summed E-state index contributed by atoms with van der Waals surface area (Å²) < 4.78 is 16.2. The first-order chi connectivity index (χ1) is 12.2. The molecule has 1 aromatic heterocycles. The highest BCUT2D eigenvalue weighted by molar-refractivity contribution is 5.79. The van der Waals surface area contributed by atoms with Crippen molar-refractivity contribution < 1.29 is 19.0 Å². The number of likely N-dealkylation sites (tertiary alicyclic amines) is 1. The van der Waals surface area contributed by atoms with E-state index in [2.05, 4.69) is 9.97 Å². The van der Waals surface area contributed by atoms with Gasteiger partial charge in [0.1, 0.15) is 6.10 Å². The summed E-state index contributed by atoms with van der Waals surface area (Å²) in [5.41, 5.74) is 0.887. The average Bonchev–Trinajstić information content (AvgIpc) is 3.11. The molecule has 2 heterocycles. The van der Waals surface area contributed by atoms with E-state index in [1.807, 2.05) is 23.1 Å². The molecule has 1 aliphatic heterocycles. The van der Waals surface area contributed by atoms with Gasteiger partial charge < -0.3 is 19.1 Å². The molecule has 0 radical (unpaired) electrons. The molecule has 1 unspecified atom stereocenters. The van der Waals surface area contributed by atoms with Crippen LogP contribution in [0.5, 0.6) is 17.5 Å². The Morgan fingerprint density at radius 2 is 1.96 bits per heavy atom. The summed E-state index contributed by atoms with van der Waals surface area (Å²) in [5, 5.41) is 0. The number of ether oxygens (including phenoxy) is 3. The normalized spacial score (nSPS) is 16.6. The molecule has 0 spiro atoms. The Morgan fingerprint density at radius 3 is 2.68 bits per heavy atom. The zero-order valence-electron chi connectivity index (χ0n) is 14.3. The van der Waals surface area contributed by atoms with Crippen molar-refractivity contribution >= 4 is 5.91 Å². The first-order valence-electron chi connectivity index (χ1n) is 8.12. The monoisotopic (exact) mass is 343 g/mol. The maximum Gasteiger partial charge on any atom is 0.316 e. The van der Waals surface area contributed by atoms with Crippen LogP contribution >= 0.6 is 0 Å². The number of carbonyl (C=O) groups excluding carboxylic acids is 1. The predicted octanol–water partition coefficient (Wildman–Crippen LogP) is 1.72. The third kappa shape index (κ3) is 4.17. The van der Waals surface area contributed by atoms with Crippen LogP contribution in [0.1, 0.15) is 12.0 Å². The van der Waals surface area contributed by atoms with Crippen molar-refractivity contribution in [2.75, 3.05) is 27.3 Å². The van der Waals surface area contributed by atoms with Gasteiger partial charge in [0.15, 0.2) is 11.5 Å². The minimum atomic E-state index is -0.0725. The molecule has 7 nitrogen and oxygen atoms in total. The number of nitrogens with zero attached hydrogens (tertiary/aromatic N) is 3. The maximum atomic E-state index is 12.5. The van der Waals surface area contributed by atoms with Crippen LogP contribution in [0.25, 0.3) is 0 Å². The molecule has 0 N–H and O–H groups in total. The SMILES string of the molecule is COc1ccc(CC(=O)N2CCC(Oc3ncccn3)C2)cc1OC. The average molecular weight is 343 g/mol. The van der Waals surface area contributed by atoms with Crippen molar-refractivity contribution in [3.8, 4) is 17.5 Å². The van der Waals surface area contributed by atoms with E-state index in [9.17, 15) is 4.79 Å². The summed E-state index contributed by atoms with van der Waals surface area (Å²) in [6.07, 6.45) is 4.29. The van der Waals surface area contributed by atoms with Crippen LogP contribution in [0, 0.1) is 0 Å². The van der Waals surface area contributed by atoms with Gasteiger partial charge in [-0.25, -0.2) is 9.97 Å². The Hall–Kier alpha value is -2.83. The Morgan fingerprint density at radius 1 is 1.20 bits per heavy atom. The number of carbonyl (C=O) groups is 1. The smallest absolute Gasteiger partial charge is 0.316 e. The zero-order valence-corrected chi connectivity index (χ0v) is 14.3. The third-order valence-corrected chi connectivity index (χ3v) is 4.12. The van der Waals surface area contributed by atoms with Crippen LogP contribution in [0.2, 0.25) is 0 Å². The van der Waals surface area contributed by atoms with Gasteiger partial charge in [0.05, 0.1) is 27.2 Å². The molecule has 1 amide bonds. The first kappa shape index (κ1) is 17.0. The van der Waals surface area contributed by atoms with Crippen molar-refractivity contribution in [1.29, 1.82) is 0 Å². The molecule has 0 aliphatic carbocycles. The van der Waals surface area contributed by atoms with Gasteiger partial charge in [0, 0.05) is 25.4 Å². The molecule has 1 aromatic carbocycles.